The van der Waals surface area contributed by atoms with Crippen molar-refractivity contribution in [1.82, 2.24) is 0 Å². The van der Waals surface area contributed by atoms with E-state index in [9.17, 15) is 4.79 Å². The average Bonchev–Trinajstić information content (AvgIpc) is 3.19. The van der Waals surface area contributed by atoms with Crippen LogP contribution in [0.15, 0.2) is 60.7 Å². The fourth-order valence-electron chi connectivity index (χ4n) is 7.20. The summed E-state index contributed by atoms with van der Waals surface area (Å²) in [6.07, 6.45) is 12.0. The van der Waals surface area contributed by atoms with E-state index in [0.29, 0.717) is 36.0 Å². The zero-order valence-corrected chi connectivity index (χ0v) is 27.5. The number of quaternary nitrogens is 1. The average molecular weight is 591 g/mol. The molecule has 0 amide bonds. The molecule has 2 aliphatic rings. The first kappa shape index (κ1) is 33.3. The van der Waals surface area contributed by atoms with Gasteiger partial charge in [-0.2, -0.15) is 0 Å². The molecule has 2 saturated carbocycles. The van der Waals surface area contributed by atoms with Crippen LogP contribution in [0.5, 0.6) is 5.75 Å². The Hall–Kier alpha value is -2.63. The molecule has 43 heavy (non-hydrogen) atoms. The minimum Gasteiger partial charge on any atom is -0.490 e. The maximum absolute atomic E-state index is 11.7. The van der Waals surface area contributed by atoms with Gasteiger partial charge in [-0.3, -0.25) is 0 Å². The van der Waals surface area contributed by atoms with Crippen LogP contribution < -0.4 is 4.74 Å². The summed E-state index contributed by atoms with van der Waals surface area (Å²) in [5.74, 6) is 2.62. The summed E-state index contributed by atoms with van der Waals surface area (Å²) in [4.78, 5) is 11.7. The molecule has 2 aromatic rings. The normalized spacial score (nSPS) is 24.6. The van der Waals surface area contributed by atoms with E-state index in [2.05, 4.69) is 76.1 Å². The van der Waals surface area contributed by atoms with E-state index in [-0.39, 0.29) is 12.1 Å². The van der Waals surface area contributed by atoms with Crippen LogP contribution in [0.25, 0.3) is 0 Å². The van der Waals surface area contributed by atoms with Crippen molar-refractivity contribution in [2.45, 2.75) is 102 Å². The Labute approximate surface area is 261 Å². The van der Waals surface area contributed by atoms with Crippen LogP contribution >= 0.6 is 0 Å². The third-order valence-corrected chi connectivity index (χ3v) is 9.88. The summed E-state index contributed by atoms with van der Waals surface area (Å²) in [6.45, 7) is 9.84. The van der Waals surface area contributed by atoms with E-state index < -0.39 is 0 Å². The number of benzene rings is 2. The Morgan fingerprint density at radius 1 is 0.907 bits per heavy atom. The van der Waals surface area contributed by atoms with Crippen molar-refractivity contribution in [2.75, 3.05) is 40.9 Å². The SMILES string of the molecule is C=C(C)C(=O)OCC[N+](C)(C)CCCC1CC(OC)CCC(Oc2ccccc2C2CCC(c3cccc(C)c3)CC2)C1. The molecule has 0 saturated heterocycles. The third kappa shape index (κ3) is 10.2. The summed E-state index contributed by atoms with van der Waals surface area (Å²) < 4.78 is 19.0. The van der Waals surface area contributed by atoms with Crippen molar-refractivity contribution in [1.29, 1.82) is 0 Å². The fraction of sp³-hybridized carbons (Fsp3) is 0.605. The Morgan fingerprint density at radius 3 is 2.33 bits per heavy atom. The van der Waals surface area contributed by atoms with Crippen LogP contribution in [0.1, 0.15) is 99.7 Å². The summed E-state index contributed by atoms with van der Waals surface area (Å²) in [7, 11) is 6.30. The number of carbonyl (C=O) groups excluding carboxylic acids is 1. The molecular formula is C38H56NO4+. The lowest BCUT2D eigenvalue weighted by Gasteiger charge is -2.31. The number of hydrogen-bond acceptors (Lipinski definition) is 4. The van der Waals surface area contributed by atoms with E-state index in [1.54, 1.807) is 6.92 Å². The van der Waals surface area contributed by atoms with Gasteiger partial charge in [0.05, 0.1) is 32.8 Å². The number of likely N-dealkylation sites (N-methyl/N-ethyl adjacent to an activating group) is 1. The maximum Gasteiger partial charge on any atom is 0.333 e. The molecule has 0 N–H and O–H groups in total. The molecule has 0 spiro atoms. The van der Waals surface area contributed by atoms with Gasteiger partial charge in [0, 0.05) is 12.7 Å². The Balaban J connectivity index is 1.31. The van der Waals surface area contributed by atoms with Crippen LogP contribution in [0, 0.1) is 12.8 Å². The molecule has 3 atom stereocenters. The maximum atomic E-state index is 11.7. The van der Waals surface area contributed by atoms with Crippen molar-refractivity contribution in [3.05, 3.63) is 77.4 Å². The van der Waals surface area contributed by atoms with Crippen molar-refractivity contribution in [2.24, 2.45) is 5.92 Å². The molecule has 236 valence electrons. The molecule has 2 aliphatic carbocycles. The second kappa shape index (κ2) is 15.9. The molecule has 0 radical (unpaired) electrons. The number of nitrogens with zero attached hydrogens (tertiary/aromatic N) is 1. The summed E-state index contributed by atoms with van der Waals surface area (Å²) in [5, 5.41) is 0. The van der Waals surface area contributed by atoms with Gasteiger partial charge in [-0.05, 0) is 113 Å². The van der Waals surface area contributed by atoms with Crippen LogP contribution in [-0.2, 0) is 14.3 Å². The van der Waals surface area contributed by atoms with Crippen LogP contribution in [0.2, 0.25) is 0 Å². The fourth-order valence-corrected chi connectivity index (χ4v) is 7.20. The molecule has 5 heteroatoms. The first-order valence-corrected chi connectivity index (χ1v) is 16.6. The molecule has 3 unspecified atom stereocenters. The minimum absolute atomic E-state index is 0.221. The number of ether oxygens (including phenoxy) is 3. The monoisotopic (exact) mass is 590 g/mol. The van der Waals surface area contributed by atoms with E-state index in [4.69, 9.17) is 14.2 Å². The quantitative estimate of drug-likeness (QED) is 0.102. The molecular weight excluding hydrogens is 534 g/mol. The molecule has 2 fully saturated rings. The highest BCUT2D eigenvalue weighted by molar-refractivity contribution is 5.86. The zero-order chi connectivity index (χ0) is 30.8. The second-order valence-electron chi connectivity index (χ2n) is 14.0. The van der Waals surface area contributed by atoms with E-state index >= 15 is 0 Å². The van der Waals surface area contributed by atoms with Gasteiger partial charge in [-0.25, -0.2) is 4.79 Å². The number of esters is 1. The van der Waals surface area contributed by atoms with Crippen LogP contribution in [-0.4, -0.2) is 63.6 Å². The van der Waals surface area contributed by atoms with Crippen molar-refractivity contribution < 1.29 is 23.5 Å². The van der Waals surface area contributed by atoms with Gasteiger partial charge in [0.15, 0.2) is 0 Å². The minimum atomic E-state index is -0.299. The summed E-state index contributed by atoms with van der Waals surface area (Å²) >= 11 is 0. The molecule has 5 nitrogen and oxygen atoms in total. The van der Waals surface area contributed by atoms with E-state index in [1.807, 2.05) is 7.11 Å². The number of methoxy groups -OCH3 is 1. The number of rotatable bonds is 13. The highest BCUT2D eigenvalue weighted by Crippen LogP contribution is 2.44. The van der Waals surface area contributed by atoms with E-state index in [1.165, 1.54) is 42.4 Å². The third-order valence-electron chi connectivity index (χ3n) is 9.88. The van der Waals surface area contributed by atoms with Crippen molar-refractivity contribution in [3.63, 3.8) is 0 Å². The van der Waals surface area contributed by atoms with Gasteiger partial charge in [0.1, 0.15) is 18.9 Å². The van der Waals surface area contributed by atoms with E-state index in [0.717, 1.165) is 61.8 Å². The second-order valence-corrected chi connectivity index (χ2v) is 14.0. The number of aryl methyl sites for hydroxylation is 1. The van der Waals surface area contributed by atoms with Gasteiger partial charge in [0.25, 0.3) is 0 Å². The van der Waals surface area contributed by atoms with Crippen molar-refractivity contribution in [3.8, 4) is 5.75 Å². The summed E-state index contributed by atoms with van der Waals surface area (Å²) in [5.41, 5.74) is 4.73. The largest absolute Gasteiger partial charge is 0.490 e. The molecule has 0 aliphatic heterocycles. The van der Waals surface area contributed by atoms with Crippen LogP contribution in [0.4, 0.5) is 0 Å². The summed E-state index contributed by atoms with van der Waals surface area (Å²) in [6, 6.07) is 17.9. The number of hydrogen-bond donors (Lipinski definition) is 0. The highest BCUT2D eigenvalue weighted by atomic mass is 16.5. The first-order valence-electron chi connectivity index (χ1n) is 16.6. The molecule has 4 rings (SSSR count). The van der Waals surface area contributed by atoms with Gasteiger partial charge >= 0.3 is 5.97 Å². The highest BCUT2D eigenvalue weighted by Gasteiger charge is 2.30. The zero-order valence-electron chi connectivity index (χ0n) is 27.5. The Bertz CT molecular complexity index is 1180. The Morgan fingerprint density at radius 2 is 1.60 bits per heavy atom. The lowest BCUT2D eigenvalue weighted by atomic mass is 9.76. The lowest BCUT2D eigenvalue weighted by Crippen LogP contribution is -2.43. The van der Waals surface area contributed by atoms with Gasteiger partial charge in [-0.1, -0.05) is 54.6 Å². The lowest BCUT2D eigenvalue weighted by molar-refractivity contribution is -0.890. The van der Waals surface area contributed by atoms with Gasteiger partial charge in [0.2, 0.25) is 0 Å². The smallest absolute Gasteiger partial charge is 0.333 e. The topological polar surface area (TPSA) is 44.8 Å². The molecule has 2 aromatic carbocycles. The standard InChI is InChI=1S/C38H56NO4/c1-28(2)38(40)42-24-23-39(4,5)22-10-12-30-26-34(41-6)20-21-35(27-30)43-37-15-8-7-14-36(37)32-18-16-31(17-19-32)33-13-9-11-29(3)25-33/h7-9,11,13-15,25,30-32,34-35H,1,10,12,16-24,26-27H2,2-6H3/q+1. The number of para-hydroxylation sites is 1. The van der Waals surface area contributed by atoms with Crippen molar-refractivity contribution >= 4 is 5.97 Å². The van der Waals surface area contributed by atoms with Gasteiger partial charge in [-0.15, -0.1) is 0 Å². The number of carbonyl (C=O) groups is 1. The molecule has 0 heterocycles. The van der Waals surface area contributed by atoms with Gasteiger partial charge < -0.3 is 18.7 Å². The Kier molecular flexibility index (Phi) is 12.3. The predicted octanol–water partition coefficient (Wildman–Crippen LogP) is 8.36. The molecule has 0 bridgehead atoms. The molecule has 0 aromatic heterocycles. The first-order chi connectivity index (χ1) is 20.6. The predicted molar refractivity (Wildman–Crippen MR) is 176 cm³/mol. The van der Waals surface area contributed by atoms with Crippen LogP contribution in [0.3, 0.4) is 0 Å².